The molecule has 0 fully saturated rings. The molecule has 4 heteroatoms. The summed E-state index contributed by atoms with van der Waals surface area (Å²) in [7, 11) is 3.32. The van der Waals surface area contributed by atoms with Crippen LogP contribution in [0.3, 0.4) is 0 Å². The molecule has 0 spiro atoms. The molecule has 2 atom stereocenters. The maximum atomic E-state index is 13.7. The second-order valence-corrected chi connectivity index (χ2v) is 9.59. The van der Waals surface area contributed by atoms with Gasteiger partial charge in [0.1, 0.15) is 0 Å². The highest BCUT2D eigenvalue weighted by Gasteiger charge is 2.36. The normalized spacial score (nSPS) is 16.2. The largest absolute Gasteiger partial charge is 0.493 e. The van der Waals surface area contributed by atoms with Crippen molar-refractivity contribution in [2.75, 3.05) is 20.8 Å². The van der Waals surface area contributed by atoms with E-state index in [4.69, 9.17) is 9.47 Å². The van der Waals surface area contributed by atoms with Gasteiger partial charge in [0.05, 0.1) is 20.3 Å². The van der Waals surface area contributed by atoms with Gasteiger partial charge in [0.2, 0.25) is 0 Å². The van der Waals surface area contributed by atoms with Crippen LogP contribution in [-0.4, -0.2) is 31.6 Å². The van der Waals surface area contributed by atoms with Crippen LogP contribution >= 0.6 is 0 Å². The van der Waals surface area contributed by atoms with E-state index in [1.807, 2.05) is 35.2 Å². The Morgan fingerprint density at radius 2 is 1.59 bits per heavy atom. The van der Waals surface area contributed by atoms with Crippen LogP contribution in [-0.2, 0) is 12.8 Å². The first-order valence-corrected chi connectivity index (χ1v) is 12.1. The lowest BCUT2D eigenvalue weighted by Gasteiger charge is -2.41. The molecule has 0 aromatic heterocycles. The average molecular weight is 458 g/mol. The fourth-order valence-corrected chi connectivity index (χ4v) is 5.10. The molecule has 1 heterocycles. The van der Waals surface area contributed by atoms with Gasteiger partial charge in [-0.05, 0) is 65.3 Å². The summed E-state index contributed by atoms with van der Waals surface area (Å²) in [6, 6.07) is 22.5. The monoisotopic (exact) mass is 457 g/mol. The minimum atomic E-state index is -0.104. The third-order valence-corrected chi connectivity index (χ3v) is 6.83. The fraction of sp³-hybridized carbons (Fsp3) is 0.367. The van der Waals surface area contributed by atoms with E-state index in [1.54, 1.807) is 14.2 Å². The van der Waals surface area contributed by atoms with Crippen molar-refractivity contribution >= 4 is 5.91 Å². The SMILES string of the molecule is COc1cc2c(cc1OC)[C@H]([C@H](C)c1ccc(CC(C)C)cc1)N(C(=O)c1ccccc1)CC2. The third-order valence-electron chi connectivity index (χ3n) is 6.83. The van der Waals surface area contributed by atoms with E-state index < -0.39 is 0 Å². The van der Waals surface area contributed by atoms with Crippen LogP contribution in [0.15, 0.2) is 66.7 Å². The van der Waals surface area contributed by atoms with Crippen molar-refractivity contribution in [2.24, 2.45) is 5.92 Å². The van der Waals surface area contributed by atoms with Crippen molar-refractivity contribution < 1.29 is 14.3 Å². The van der Waals surface area contributed by atoms with Crippen LogP contribution in [0.2, 0.25) is 0 Å². The summed E-state index contributed by atoms with van der Waals surface area (Å²) in [4.78, 5) is 15.7. The fourth-order valence-electron chi connectivity index (χ4n) is 5.10. The molecule has 4 nitrogen and oxygen atoms in total. The van der Waals surface area contributed by atoms with E-state index in [-0.39, 0.29) is 17.9 Å². The van der Waals surface area contributed by atoms with Crippen molar-refractivity contribution in [3.05, 3.63) is 94.5 Å². The molecule has 178 valence electrons. The Morgan fingerprint density at radius 1 is 0.941 bits per heavy atom. The van der Waals surface area contributed by atoms with Crippen molar-refractivity contribution in [1.82, 2.24) is 4.90 Å². The molecule has 3 aromatic carbocycles. The van der Waals surface area contributed by atoms with Gasteiger partial charge in [-0.15, -0.1) is 0 Å². The highest BCUT2D eigenvalue weighted by molar-refractivity contribution is 5.94. The predicted octanol–water partition coefficient (Wildman–Crippen LogP) is 6.45. The second-order valence-electron chi connectivity index (χ2n) is 9.59. The summed E-state index contributed by atoms with van der Waals surface area (Å²) < 4.78 is 11.2. The maximum Gasteiger partial charge on any atom is 0.254 e. The molecule has 1 amide bonds. The number of amides is 1. The molecule has 4 rings (SSSR count). The van der Waals surface area contributed by atoms with Crippen LogP contribution in [0.5, 0.6) is 11.5 Å². The Balaban J connectivity index is 1.77. The third kappa shape index (κ3) is 4.82. The number of fused-ring (bicyclic) bond motifs is 1. The Bertz CT molecular complexity index is 1120. The average Bonchev–Trinajstić information content (AvgIpc) is 2.86. The summed E-state index contributed by atoms with van der Waals surface area (Å²) in [5, 5.41) is 0. The maximum absolute atomic E-state index is 13.7. The quantitative estimate of drug-likeness (QED) is 0.409. The minimum Gasteiger partial charge on any atom is -0.493 e. The van der Waals surface area contributed by atoms with Gasteiger partial charge in [-0.25, -0.2) is 0 Å². The molecule has 1 aliphatic rings. The summed E-state index contributed by atoms with van der Waals surface area (Å²) in [6.07, 6.45) is 1.85. The predicted molar refractivity (Wildman–Crippen MR) is 137 cm³/mol. The van der Waals surface area contributed by atoms with Gasteiger partial charge in [-0.2, -0.15) is 0 Å². The van der Waals surface area contributed by atoms with E-state index >= 15 is 0 Å². The van der Waals surface area contributed by atoms with E-state index in [9.17, 15) is 4.79 Å². The van der Waals surface area contributed by atoms with E-state index in [0.29, 0.717) is 18.2 Å². The van der Waals surface area contributed by atoms with Gasteiger partial charge in [0.25, 0.3) is 5.91 Å². The van der Waals surface area contributed by atoms with Gasteiger partial charge < -0.3 is 14.4 Å². The van der Waals surface area contributed by atoms with Crippen LogP contribution in [0, 0.1) is 5.92 Å². The van der Waals surface area contributed by atoms with Crippen LogP contribution in [0.4, 0.5) is 0 Å². The first-order valence-electron chi connectivity index (χ1n) is 12.1. The number of benzene rings is 3. The zero-order chi connectivity index (χ0) is 24.2. The Labute approximate surface area is 203 Å². The summed E-state index contributed by atoms with van der Waals surface area (Å²) >= 11 is 0. The van der Waals surface area contributed by atoms with Crippen molar-refractivity contribution in [3.63, 3.8) is 0 Å². The molecule has 0 radical (unpaired) electrons. The molecule has 0 saturated carbocycles. The minimum absolute atomic E-state index is 0.0642. The molecule has 0 aliphatic carbocycles. The molecule has 1 aliphatic heterocycles. The summed E-state index contributed by atoms with van der Waals surface area (Å²) in [5.41, 5.74) is 5.63. The van der Waals surface area contributed by atoms with Gasteiger partial charge in [-0.3, -0.25) is 4.79 Å². The highest BCUT2D eigenvalue weighted by Crippen LogP contribution is 2.44. The number of hydrogen-bond acceptors (Lipinski definition) is 3. The number of methoxy groups -OCH3 is 2. The number of carbonyl (C=O) groups is 1. The van der Waals surface area contributed by atoms with Crippen molar-refractivity contribution in [3.8, 4) is 11.5 Å². The number of ether oxygens (including phenoxy) is 2. The molecule has 0 N–H and O–H groups in total. The Morgan fingerprint density at radius 3 is 2.21 bits per heavy atom. The summed E-state index contributed by atoms with van der Waals surface area (Å²) in [5.74, 6) is 2.22. The molecule has 3 aromatic rings. The lowest BCUT2D eigenvalue weighted by atomic mass is 9.81. The number of carbonyl (C=O) groups excluding carboxylic acids is 1. The molecule has 0 unspecified atom stereocenters. The van der Waals surface area contributed by atoms with E-state index in [0.717, 1.165) is 29.7 Å². The van der Waals surface area contributed by atoms with Gasteiger partial charge in [0.15, 0.2) is 11.5 Å². The molecule has 0 saturated heterocycles. The summed E-state index contributed by atoms with van der Waals surface area (Å²) in [6.45, 7) is 7.37. The Kier molecular flexibility index (Phi) is 7.26. The lowest BCUT2D eigenvalue weighted by molar-refractivity contribution is 0.0633. The number of rotatable bonds is 7. The van der Waals surface area contributed by atoms with E-state index in [1.165, 1.54) is 16.7 Å². The lowest BCUT2D eigenvalue weighted by Crippen LogP contribution is -2.42. The molecule has 34 heavy (non-hydrogen) atoms. The standard InChI is InChI=1S/C30H35NO3/c1-20(2)17-22-11-13-23(14-12-22)21(3)29-26-19-28(34-5)27(33-4)18-25(26)15-16-31(29)30(32)24-9-7-6-8-10-24/h6-14,18-21,29H,15-17H2,1-5H3/t21-,29+/m1/s1. The first kappa shape index (κ1) is 23.9. The first-order chi connectivity index (χ1) is 16.4. The second kappa shape index (κ2) is 10.3. The van der Waals surface area contributed by atoms with Crippen LogP contribution in [0.25, 0.3) is 0 Å². The highest BCUT2D eigenvalue weighted by atomic mass is 16.5. The van der Waals surface area contributed by atoms with Gasteiger partial charge >= 0.3 is 0 Å². The van der Waals surface area contributed by atoms with Crippen LogP contribution < -0.4 is 9.47 Å². The molecular formula is C30H35NO3. The van der Waals surface area contributed by atoms with Gasteiger partial charge in [-0.1, -0.05) is 63.2 Å². The van der Waals surface area contributed by atoms with Crippen molar-refractivity contribution in [2.45, 2.75) is 45.6 Å². The zero-order valence-corrected chi connectivity index (χ0v) is 20.9. The van der Waals surface area contributed by atoms with Crippen LogP contribution in [0.1, 0.15) is 65.3 Å². The topological polar surface area (TPSA) is 38.8 Å². The zero-order valence-electron chi connectivity index (χ0n) is 20.9. The molecular weight excluding hydrogens is 422 g/mol. The number of hydrogen-bond donors (Lipinski definition) is 0. The van der Waals surface area contributed by atoms with Gasteiger partial charge in [0, 0.05) is 18.0 Å². The van der Waals surface area contributed by atoms with Crippen molar-refractivity contribution in [1.29, 1.82) is 0 Å². The number of nitrogens with zero attached hydrogens (tertiary/aromatic N) is 1. The smallest absolute Gasteiger partial charge is 0.254 e. The Hall–Kier alpha value is -3.27. The molecule has 0 bridgehead atoms. The van der Waals surface area contributed by atoms with E-state index in [2.05, 4.69) is 57.2 Å².